The summed E-state index contributed by atoms with van der Waals surface area (Å²) in [5, 5.41) is 11.9. The summed E-state index contributed by atoms with van der Waals surface area (Å²) in [6, 6.07) is 18.4. The van der Waals surface area contributed by atoms with Gasteiger partial charge in [-0.15, -0.1) is 11.8 Å². The van der Waals surface area contributed by atoms with Gasteiger partial charge in [0.15, 0.2) is 0 Å². The highest BCUT2D eigenvalue weighted by Gasteiger charge is 2.29. The Kier molecular flexibility index (Phi) is 3.17. The summed E-state index contributed by atoms with van der Waals surface area (Å²) in [7, 11) is 0. The van der Waals surface area contributed by atoms with E-state index in [1.165, 1.54) is 10.5 Å². The van der Waals surface area contributed by atoms with Crippen LogP contribution in [0.25, 0.3) is 10.9 Å². The molecule has 0 spiro atoms. The smallest absolute Gasteiger partial charge is 0.0867 e. The van der Waals surface area contributed by atoms with Gasteiger partial charge in [-0.25, -0.2) is 0 Å². The van der Waals surface area contributed by atoms with E-state index >= 15 is 0 Å². The number of aliphatic hydroxyl groups excluding tert-OH is 1. The minimum absolute atomic E-state index is 0.167. The maximum Gasteiger partial charge on any atom is 0.0867 e. The van der Waals surface area contributed by atoms with E-state index in [4.69, 9.17) is 0 Å². The normalized spacial score (nSPS) is 18.6. The van der Waals surface area contributed by atoms with Gasteiger partial charge in [-0.05, 0) is 35.4 Å². The summed E-state index contributed by atoms with van der Waals surface area (Å²) in [6.07, 6.45) is 1.33. The second kappa shape index (κ2) is 5.17. The Morgan fingerprint density at radius 1 is 1.10 bits per heavy atom. The lowest BCUT2D eigenvalue weighted by Gasteiger charge is -2.19. The maximum absolute atomic E-state index is 10.8. The highest BCUT2D eigenvalue weighted by molar-refractivity contribution is 7.99. The van der Waals surface area contributed by atoms with Gasteiger partial charge >= 0.3 is 0 Å². The Bertz CT molecular complexity index is 802. The van der Waals surface area contributed by atoms with E-state index in [1.54, 1.807) is 6.20 Å². The number of aromatic nitrogens is 1. The van der Waals surface area contributed by atoms with Gasteiger partial charge in [-0.3, -0.25) is 4.98 Å². The molecule has 21 heavy (non-hydrogen) atoms. The SMILES string of the molecule is OC(c1ccc2ncccc2c1)C1CSc2ccccc21. The maximum atomic E-state index is 10.8. The molecule has 4 rings (SSSR count). The first kappa shape index (κ1) is 12.9. The van der Waals surface area contributed by atoms with Crippen LogP contribution < -0.4 is 0 Å². The first-order valence-electron chi connectivity index (χ1n) is 7.07. The van der Waals surface area contributed by atoms with Crippen molar-refractivity contribution in [3.63, 3.8) is 0 Å². The molecule has 0 fully saturated rings. The predicted octanol–water partition coefficient (Wildman–Crippen LogP) is 4.16. The Morgan fingerprint density at radius 3 is 2.95 bits per heavy atom. The molecule has 0 aliphatic carbocycles. The molecule has 104 valence electrons. The van der Waals surface area contributed by atoms with Crippen LogP contribution in [-0.4, -0.2) is 15.8 Å². The lowest BCUT2D eigenvalue weighted by atomic mass is 9.90. The number of thioether (sulfide) groups is 1. The van der Waals surface area contributed by atoms with Gasteiger partial charge in [0.05, 0.1) is 11.6 Å². The van der Waals surface area contributed by atoms with Crippen molar-refractivity contribution >= 4 is 22.7 Å². The number of hydrogen-bond acceptors (Lipinski definition) is 3. The van der Waals surface area contributed by atoms with Crippen molar-refractivity contribution in [3.8, 4) is 0 Å². The summed E-state index contributed by atoms with van der Waals surface area (Å²) in [5.41, 5.74) is 3.20. The molecule has 3 heteroatoms. The zero-order valence-corrected chi connectivity index (χ0v) is 12.3. The fraction of sp³-hybridized carbons (Fsp3) is 0.167. The van der Waals surface area contributed by atoms with Crippen molar-refractivity contribution in [1.29, 1.82) is 0 Å². The molecule has 2 heterocycles. The third-order valence-electron chi connectivity index (χ3n) is 4.09. The van der Waals surface area contributed by atoms with Crippen LogP contribution in [0.15, 0.2) is 65.7 Å². The highest BCUT2D eigenvalue weighted by Crippen LogP contribution is 2.45. The second-order valence-corrected chi connectivity index (χ2v) is 6.42. The molecule has 2 unspecified atom stereocenters. The number of pyridine rings is 1. The van der Waals surface area contributed by atoms with E-state index in [-0.39, 0.29) is 5.92 Å². The molecule has 0 saturated heterocycles. The molecular formula is C18H15NOS. The Morgan fingerprint density at radius 2 is 2.00 bits per heavy atom. The molecule has 2 atom stereocenters. The number of aliphatic hydroxyl groups is 1. The van der Waals surface area contributed by atoms with E-state index in [2.05, 4.69) is 35.3 Å². The molecule has 2 aromatic carbocycles. The van der Waals surface area contributed by atoms with E-state index in [1.807, 2.05) is 36.0 Å². The van der Waals surface area contributed by atoms with E-state index in [9.17, 15) is 5.11 Å². The molecule has 2 nitrogen and oxygen atoms in total. The molecule has 1 N–H and O–H groups in total. The van der Waals surface area contributed by atoms with Gasteiger partial charge in [-0.2, -0.15) is 0 Å². The minimum Gasteiger partial charge on any atom is -0.388 e. The zero-order valence-electron chi connectivity index (χ0n) is 11.4. The molecule has 0 radical (unpaired) electrons. The van der Waals surface area contributed by atoms with Crippen LogP contribution in [0.4, 0.5) is 0 Å². The highest BCUT2D eigenvalue weighted by atomic mass is 32.2. The van der Waals surface area contributed by atoms with Gasteiger partial charge in [0, 0.05) is 28.1 Å². The minimum atomic E-state index is -0.467. The summed E-state index contributed by atoms with van der Waals surface area (Å²) >= 11 is 1.83. The second-order valence-electron chi connectivity index (χ2n) is 5.36. The number of fused-ring (bicyclic) bond motifs is 2. The lowest BCUT2D eigenvalue weighted by Crippen LogP contribution is -2.10. The monoisotopic (exact) mass is 293 g/mol. The summed E-state index contributed by atoms with van der Waals surface area (Å²) in [5.74, 6) is 1.10. The van der Waals surface area contributed by atoms with Crippen LogP contribution in [0.2, 0.25) is 0 Å². The van der Waals surface area contributed by atoms with Crippen molar-refractivity contribution in [2.24, 2.45) is 0 Å². The zero-order chi connectivity index (χ0) is 14.2. The number of benzene rings is 2. The van der Waals surface area contributed by atoms with Crippen LogP contribution in [0.5, 0.6) is 0 Å². The molecule has 3 aromatic rings. The average molecular weight is 293 g/mol. The van der Waals surface area contributed by atoms with Gasteiger partial charge in [0.2, 0.25) is 0 Å². The molecule has 1 aromatic heterocycles. The van der Waals surface area contributed by atoms with Crippen LogP contribution in [-0.2, 0) is 0 Å². The molecule has 0 amide bonds. The third-order valence-corrected chi connectivity index (χ3v) is 5.30. The number of hydrogen-bond donors (Lipinski definition) is 1. The number of rotatable bonds is 2. The van der Waals surface area contributed by atoms with Crippen LogP contribution >= 0.6 is 11.8 Å². The topological polar surface area (TPSA) is 33.1 Å². The van der Waals surface area contributed by atoms with Crippen LogP contribution in [0.1, 0.15) is 23.1 Å². The molecule has 0 bridgehead atoms. The Hall–Kier alpha value is -1.84. The van der Waals surface area contributed by atoms with Crippen molar-refractivity contribution < 1.29 is 5.11 Å². The largest absolute Gasteiger partial charge is 0.388 e. The average Bonchev–Trinajstić information content (AvgIpc) is 2.98. The summed E-state index contributed by atoms with van der Waals surface area (Å²) in [4.78, 5) is 5.62. The van der Waals surface area contributed by atoms with E-state index in [0.717, 1.165) is 22.2 Å². The van der Waals surface area contributed by atoms with Crippen LogP contribution in [0.3, 0.4) is 0 Å². The van der Waals surface area contributed by atoms with Crippen molar-refractivity contribution in [1.82, 2.24) is 4.98 Å². The van der Waals surface area contributed by atoms with Gasteiger partial charge in [0.1, 0.15) is 0 Å². The molecular weight excluding hydrogens is 278 g/mol. The third kappa shape index (κ3) is 2.23. The number of nitrogens with zero attached hydrogens (tertiary/aromatic N) is 1. The summed E-state index contributed by atoms with van der Waals surface area (Å²) in [6.45, 7) is 0. The van der Waals surface area contributed by atoms with Crippen molar-refractivity contribution in [3.05, 3.63) is 71.9 Å². The van der Waals surface area contributed by atoms with Gasteiger partial charge in [0.25, 0.3) is 0 Å². The molecule has 1 aliphatic heterocycles. The first-order chi connectivity index (χ1) is 10.3. The van der Waals surface area contributed by atoms with Crippen molar-refractivity contribution in [2.75, 3.05) is 5.75 Å². The fourth-order valence-corrected chi connectivity index (χ4v) is 4.24. The summed E-state index contributed by atoms with van der Waals surface area (Å²) < 4.78 is 0. The van der Waals surface area contributed by atoms with Crippen LogP contribution in [0, 0.1) is 0 Å². The lowest BCUT2D eigenvalue weighted by molar-refractivity contribution is 0.154. The fourth-order valence-electron chi connectivity index (χ4n) is 2.96. The molecule has 0 saturated carbocycles. The van der Waals surface area contributed by atoms with Gasteiger partial charge in [-0.1, -0.05) is 30.3 Å². The van der Waals surface area contributed by atoms with Gasteiger partial charge < -0.3 is 5.11 Å². The predicted molar refractivity (Wildman–Crippen MR) is 86.6 cm³/mol. The Labute approximate surface area is 127 Å². The van der Waals surface area contributed by atoms with E-state index < -0.39 is 6.10 Å². The van der Waals surface area contributed by atoms with E-state index in [0.29, 0.717) is 0 Å². The Balaban J connectivity index is 1.72. The quantitative estimate of drug-likeness (QED) is 0.770. The first-order valence-corrected chi connectivity index (χ1v) is 8.06. The standard InChI is InChI=1S/C18H15NOS/c20-18(15-11-21-17-6-2-1-5-14(15)17)13-7-8-16-12(10-13)4-3-9-19-16/h1-10,15,18,20H,11H2. The van der Waals surface area contributed by atoms with Crippen molar-refractivity contribution in [2.45, 2.75) is 16.9 Å². The molecule has 1 aliphatic rings.